The number of ether oxygens (including phenoxy) is 1. The van der Waals surface area contributed by atoms with Crippen molar-refractivity contribution in [2.75, 3.05) is 17.7 Å². The summed E-state index contributed by atoms with van der Waals surface area (Å²) in [5.74, 6) is 0.0476. The van der Waals surface area contributed by atoms with Crippen molar-refractivity contribution >= 4 is 52.1 Å². The average Bonchev–Trinajstić information content (AvgIpc) is 2.44. The molecule has 21 heavy (non-hydrogen) atoms. The van der Waals surface area contributed by atoms with E-state index in [1.807, 2.05) is 0 Å². The van der Waals surface area contributed by atoms with E-state index in [4.69, 9.17) is 45.3 Å². The van der Waals surface area contributed by atoms with Crippen LogP contribution in [0.2, 0.25) is 15.1 Å². The van der Waals surface area contributed by atoms with Crippen molar-refractivity contribution in [2.24, 2.45) is 0 Å². The number of nitrogen functional groups attached to an aromatic ring is 1. The van der Waals surface area contributed by atoms with Crippen LogP contribution in [0.15, 0.2) is 36.4 Å². The molecule has 7 heteroatoms. The quantitative estimate of drug-likeness (QED) is 0.643. The summed E-state index contributed by atoms with van der Waals surface area (Å²) in [6, 6.07) is 9.83. The Bertz CT molecular complexity index is 677. The minimum absolute atomic E-state index is 0.204. The molecule has 0 spiro atoms. The number of nitrogens with one attached hydrogen (secondary N) is 1. The van der Waals surface area contributed by atoms with Gasteiger partial charge in [-0.15, -0.1) is 0 Å². The zero-order valence-electron chi connectivity index (χ0n) is 10.7. The molecule has 0 atom stereocenters. The second-order valence-electron chi connectivity index (χ2n) is 4.12. The number of benzene rings is 2. The zero-order valence-corrected chi connectivity index (χ0v) is 13.0. The molecule has 0 radical (unpaired) electrons. The molecule has 110 valence electrons. The van der Waals surface area contributed by atoms with Crippen molar-refractivity contribution in [1.82, 2.24) is 0 Å². The maximum absolute atomic E-state index is 11.8. The van der Waals surface area contributed by atoms with Crippen LogP contribution in [0, 0.1) is 0 Å². The Morgan fingerprint density at radius 2 is 1.76 bits per heavy atom. The first-order valence-corrected chi connectivity index (χ1v) is 7.02. The fourth-order valence-corrected chi connectivity index (χ4v) is 2.15. The highest BCUT2D eigenvalue weighted by Gasteiger charge is 2.10. The summed E-state index contributed by atoms with van der Waals surface area (Å²) in [6.45, 7) is -0.204. The Hall–Kier alpha value is -1.62. The molecule has 0 aliphatic rings. The van der Waals surface area contributed by atoms with Crippen LogP contribution in [0.1, 0.15) is 0 Å². The SMILES string of the molecule is Nc1ccccc1OCC(=O)Nc1cc(Cl)c(Cl)cc1Cl. The molecule has 2 aromatic rings. The number of para-hydroxylation sites is 2. The molecule has 1 amide bonds. The zero-order chi connectivity index (χ0) is 15.4. The number of carbonyl (C=O) groups excluding carboxylic acids is 1. The van der Waals surface area contributed by atoms with Gasteiger partial charge >= 0.3 is 0 Å². The topological polar surface area (TPSA) is 64.3 Å². The van der Waals surface area contributed by atoms with Gasteiger partial charge in [0, 0.05) is 0 Å². The van der Waals surface area contributed by atoms with Crippen molar-refractivity contribution in [3.05, 3.63) is 51.5 Å². The lowest BCUT2D eigenvalue weighted by Crippen LogP contribution is -2.20. The number of carbonyl (C=O) groups is 1. The van der Waals surface area contributed by atoms with Crippen LogP contribution in [0.5, 0.6) is 5.75 Å². The summed E-state index contributed by atoms with van der Waals surface area (Å²) >= 11 is 17.7. The molecular weight excluding hydrogens is 335 g/mol. The molecule has 0 fully saturated rings. The summed E-state index contributed by atoms with van der Waals surface area (Å²) in [7, 11) is 0. The van der Waals surface area contributed by atoms with Gasteiger partial charge in [-0.3, -0.25) is 4.79 Å². The first kappa shape index (κ1) is 15.8. The molecule has 0 bridgehead atoms. The Morgan fingerprint density at radius 1 is 1.10 bits per heavy atom. The Morgan fingerprint density at radius 3 is 2.48 bits per heavy atom. The molecule has 0 saturated carbocycles. The lowest BCUT2D eigenvalue weighted by Gasteiger charge is -2.10. The van der Waals surface area contributed by atoms with Gasteiger partial charge in [-0.05, 0) is 24.3 Å². The van der Waals surface area contributed by atoms with Crippen LogP contribution in [0.4, 0.5) is 11.4 Å². The molecule has 0 saturated heterocycles. The summed E-state index contributed by atoms with van der Waals surface area (Å²) in [5, 5.41) is 3.49. The van der Waals surface area contributed by atoms with Gasteiger partial charge in [0.2, 0.25) is 0 Å². The van der Waals surface area contributed by atoms with Gasteiger partial charge < -0.3 is 15.8 Å². The third-order valence-electron chi connectivity index (χ3n) is 2.56. The molecule has 0 heterocycles. The number of hydrogen-bond donors (Lipinski definition) is 2. The van der Waals surface area contributed by atoms with Crippen molar-refractivity contribution in [3.63, 3.8) is 0 Å². The normalized spacial score (nSPS) is 10.2. The molecule has 0 aromatic heterocycles. The minimum atomic E-state index is -0.390. The lowest BCUT2D eigenvalue weighted by molar-refractivity contribution is -0.118. The van der Waals surface area contributed by atoms with Crippen molar-refractivity contribution < 1.29 is 9.53 Å². The Kier molecular flexibility index (Phi) is 5.17. The van der Waals surface area contributed by atoms with E-state index in [1.54, 1.807) is 24.3 Å². The lowest BCUT2D eigenvalue weighted by atomic mass is 10.3. The van der Waals surface area contributed by atoms with E-state index in [1.165, 1.54) is 12.1 Å². The number of rotatable bonds is 4. The van der Waals surface area contributed by atoms with Crippen molar-refractivity contribution in [1.29, 1.82) is 0 Å². The predicted octanol–water partition coefficient (Wildman–Crippen LogP) is 4.25. The highest BCUT2D eigenvalue weighted by atomic mass is 35.5. The van der Waals surface area contributed by atoms with Crippen LogP contribution in [-0.2, 0) is 4.79 Å². The number of anilines is 2. The molecule has 3 N–H and O–H groups in total. The summed E-state index contributed by atoms with van der Waals surface area (Å²) in [4.78, 5) is 11.8. The average molecular weight is 346 g/mol. The largest absolute Gasteiger partial charge is 0.482 e. The molecule has 2 rings (SSSR count). The fraction of sp³-hybridized carbons (Fsp3) is 0.0714. The van der Waals surface area contributed by atoms with Gasteiger partial charge in [-0.1, -0.05) is 46.9 Å². The van der Waals surface area contributed by atoms with Crippen LogP contribution in [0.25, 0.3) is 0 Å². The fourth-order valence-electron chi connectivity index (χ4n) is 1.56. The second kappa shape index (κ2) is 6.89. The van der Waals surface area contributed by atoms with E-state index < -0.39 is 5.91 Å². The van der Waals surface area contributed by atoms with E-state index in [-0.39, 0.29) is 11.6 Å². The number of nitrogens with two attached hydrogens (primary N) is 1. The predicted molar refractivity (Wildman–Crippen MR) is 86.5 cm³/mol. The van der Waals surface area contributed by atoms with Crippen LogP contribution in [-0.4, -0.2) is 12.5 Å². The Labute approximate surface area is 136 Å². The molecule has 4 nitrogen and oxygen atoms in total. The second-order valence-corrected chi connectivity index (χ2v) is 5.34. The van der Waals surface area contributed by atoms with Crippen LogP contribution in [0.3, 0.4) is 0 Å². The van der Waals surface area contributed by atoms with Crippen molar-refractivity contribution in [3.8, 4) is 5.75 Å². The summed E-state index contributed by atoms with van der Waals surface area (Å²) in [5.41, 5.74) is 6.53. The van der Waals surface area contributed by atoms with Gasteiger partial charge in [0.05, 0.1) is 26.4 Å². The van der Waals surface area contributed by atoms with Crippen molar-refractivity contribution in [2.45, 2.75) is 0 Å². The van der Waals surface area contributed by atoms with Gasteiger partial charge in [0.25, 0.3) is 5.91 Å². The van der Waals surface area contributed by atoms with Gasteiger partial charge in [0.1, 0.15) is 5.75 Å². The highest BCUT2D eigenvalue weighted by Crippen LogP contribution is 2.32. The first-order valence-electron chi connectivity index (χ1n) is 5.89. The molecule has 0 aliphatic carbocycles. The third kappa shape index (κ3) is 4.17. The minimum Gasteiger partial charge on any atom is -0.482 e. The maximum atomic E-state index is 11.8. The molecule has 0 unspecified atom stereocenters. The molecular formula is C14H11Cl3N2O2. The Balaban J connectivity index is 1.99. The van der Waals surface area contributed by atoms with E-state index in [9.17, 15) is 4.79 Å². The van der Waals surface area contributed by atoms with E-state index in [0.717, 1.165) is 0 Å². The van der Waals surface area contributed by atoms with Gasteiger partial charge in [-0.2, -0.15) is 0 Å². The van der Waals surface area contributed by atoms with E-state index in [0.29, 0.717) is 27.2 Å². The molecule has 2 aromatic carbocycles. The smallest absolute Gasteiger partial charge is 0.262 e. The molecule has 0 aliphatic heterocycles. The third-order valence-corrected chi connectivity index (χ3v) is 3.60. The first-order chi connectivity index (χ1) is 9.97. The number of amides is 1. The van der Waals surface area contributed by atoms with Gasteiger partial charge in [-0.25, -0.2) is 0 Å². The van der Waals surface area contributed by atoms with Crippen LogP contribution >= 0.6 is 34.8 Å². The highest BCUT2D eigenvalue weighted by molar-refractivity contribution is 6.44. The monoisotopic (exact) mass is 344 g/mol. The van der Waals surface area contributed by atoms with E-state index in [2.05, 4.69) is 5.32 Å². The maximum Gasteiger partial charge on any atom is 0.262 e. The summed E-state index contributed by atoms with van der Waals surface area (Å²) in [6.07, 6.45) is 0. The number of hydrogen-bond acceptors (Lipinski definition) is 3. The van der Waals surface area contributed by atoms with Gasteiger partial charge in [0.15, 0.2) is 6.61 Å². The summed E-state index contributed by atoms with van der Waals surface area (Å²) < 4.78 is 5.33. The van der Waals surface area contributed by atoms with Crippen LogP contribution < -0.4 is 15.8 Å². The number of halogens is 3. The van der Waals surface area contributed by atoms with E-state index >= 15 is 0 Å². The standard InChI is InChI=1S/C14H11Cl3N2O2/c15-8-5-10(17)12(6-9(8)16)19-14(20)7-21-13-4-2-1-3-11(13)18/h1-6H,7,18H2,(H,19,20).